The van der Waals surface area contributed by atoms with Gasteiger partial charge in [0.1, 0.15) is 0 Å². The van der Waals surface area contributed by atoms with Crippen molar-refractivity contribution in [1.29, 1.82) is 0 Å². The average Bonchev–Trinajstić information content (AvgIpc) is 2.90. The fraction of sp³-hybridized carbons (Fsp3) is 0.158. The predicted molar refractivity (Wildman–Crippen MR) is 120 cm³/mol. The Morgan fingerprint density at radius 3 is 2.54 bits per heavy atom. The molecule has 1 aliphatic rings. The summed E-state index contributed by atoms with van der Waals surface area (Å²) in [6.07, 6.45) is 1.67. The fourth-order valence-corrected chi connectivity index (χ4v) is 4.78. The van der Waals surface area contributed by atoms with E-state index < -0.39 is 0 Å². The quantitative estimate of drug-likeness (QED) is 0.346. The fourth-order valence-electron chi connectivity index (χ4n) is 2.63. The first-order valence-corrected chi connectivity index (χ1v) is 10.6. The molecule has 0 unspecified atom stereocenters. The van der Waals surface area contributed by atoms with E-state index in [4.69, 9.17) is 32.7 Å². The van der Waals surface area contributed by atoms with E-state index in [0.29, 0.717) is 32.0 Å². The number of ether oxygens (including phenoxy) is 2. The molecule has 0 aliphatic carbocycles. The van der Waals surface area contributed by atoms with E-state index in [1.807, 2.05) is 6.07 Å². The molecule has 28 heavy (non-hydrogen) atoms. The number of amides is 2. The van der Waals surface area contributed by atoms with E-state index in [0.717, 1.165) is 25.8 Å². The van der Waals surface area contributed by atoms with E-state index in [1.54, 1.807) is 44.6 Å². The molecule has 1 saturated heterocycles. The van der Waals surface area contributed by atoms with Crippen molar-refractivity contribution >= 4 is 74.8 Å². The van der Waals surface area contributed by atoms with Gasteiger partial charge in [0.2, 0.25) is 0 Å². The van der Waals surface area contributed by atoms with Crippen LogP contribution in [0.3, 0.4) is 0 Å². The number of benzene rings is 2. The number of methoxy groups -OCH3 is 2. The van der Waals surface area contributed by atoms with Gasteiger partial charge in [0, 0.05) is 10.0 Å². The standard InChI is InChI=1S/C19H14Cl2INO4S/c1-26-15-6-10(5-14(22)17(15)27-2)7-16-18(24)23(19(25)28-16)9-11-3-4-12(20)8-13(11)21/h3-8H,9H2,1-2H3/b16-7-. The molecule has 0 aromatic heterocycles. The molecule has 3 rings (SSSR count). The highest BCUT2D eigenvalue weighted by Gasteiger charge is 2.35. The summed E-state index contributed by atoms with van der Waals surface area (Å²) in [5.74, 6) is 0.796. The second kappa shape index (κ2) is 8.94. The van der Waals surface area contributed by atoms with Crippen LogP contribution in [-0.4, -0.2) is 30.3 Å². The minimum Gasteiger partial charge on any atom is -0.493 e. The van der Waals surface area contributed by atoms with Crippen LogP contribution >= 0.6 is 57.6 Å². The van der Waals surface area contributed by atoms with Crippen molar-refractivity contribution in [2.24, 2.45) is 0 Å². The van der Waals surface area contributed by atoms with E-state index in [-0.39, 0.29) is 17.7 Å². The third-order valence-electron chi connectivity index (χ3n) is 3.97. The Kier molecular flexibility index (Phi) is 6.80. The van der Waals surface area contributed by atoms with Gasteiger partial charge in [0.05, 0.1) is 29.2 Å². The van der Waals surface area contributed by atoms with Gasteiger partial charge in [-0.3, -0.25) is 14.5 Å². The van der Waals surface area contributed by atoms with Crippen LogP contribution in [0.1, 0.15) is 11.1 Å². The summed E-state index contributed by atoms with van der Waals surface area (Å²) < 4.78 is 11.5. The smallest absolute Gasteiger partial charge is 0.293 e. The summed E-state index contributed by atoms with van der Waals surface area (Å²) in [7, 11) is 3.11. The Balaban J connectivity index is 1.88. The van der Waals surface area contributed by atoms with Crippen LogP contribution in [0.25, 0.3) is 6.08 Å². The second-order valence-electron chi connectivity index (χ2n) is 5.74. The molecule has 0 bridgehead atoms. The highest BCUT2D eigenvalue weighted by molar-refractivity contribution is 14.1. The lowest BCUT2D eigenvalue weighted by Gasteiger charge is -2.13. The monoisotopic (exact) mass is 549 g/mol. The Hall–Kier alpha value is -1.42. The van der Waals surface area contributed by atoms with E-state index in [1.165, 1.54) is 0 Å². The molecule has 1 heterocycles. The number of thioether (sulfide) groups is 1. The van der Waals surface area contributed by atoms with Gasteiger partial charge < -0.3 is 9.47 Å². The Morgan fingerprint density at radius 1 is 1.14 bits per heavy atom. The lowest BCUT2D eigenvalue weighted by molar-refractivity contribution is -0.123. The molecular weight excluding hydrogens is 536 g/mol. The minimum absolute atomic E-state index is 0.0848. The number of imide groups is 1. The zero-order chi connectivity index (χ0) is 20.4. The molecule has 9 heteroatoms. The number of carbonyl (C=O) groups excluding carboxylic acids is 2. The number of hydrogen-bond acceptors (Lipinski definition) is 5. The highest BCUT2D eigenvalue weighted by atomic mass is 127. The van der Waals surface area contributed by atoms with Crippen LogP contribution in [0.5, 0.6) is 11.5 Å². The van der Waals surface area contributed by atoms with Crippen LogP contribution < -0.4 is 9.47 Å². The summed E-state index contributed by atoms with van der Waals surface area (Å²) in [6.45, 7) is 0.0848. The van der Waals surface area contributed by atoms with Gasteiger partial charge in [0.25, 0.3) is 11.1 Å². The van der Waals surface area contributed by atoms with Crippen molar-refractivity contribution in [1.82, 2.24) is 4.90 Å². The van der Waals surface area contributed by atoms with Crippen molar-refractivity contribution < 1.29 is 19.1 Å². The molecule has 2 amide bonds. The molecule has 5 nitrogen and oxygen atoms in total. The van der Waals surface area contributed by atoms with Gasteiger partial charge in [-0.1, -0.05) is 29.3 Å². The Bertz CT molecular complexity index is 996. The maximum atomic E-state index is 12.8. The third-order valence-corrected chi connectivity index (χ3v) is 6.27. The normalized spacial score (nSPS) is 15.5. The molecular formula is C19H14Cl2INO4S. The summed E-state index contributed by atoms with van der Waals surface area (Å²) in [5, 5.41) is 0.549. The number of nitrogens with zero attached hydrogens (tertiary/aromatic N) is 1. The topological polar surface area (TPSA) is 55.8 Å². The second-order valence-corrected chi connectivity index (χ2v) is 8.74. The van der Waals surface area contributed by atoms with Crippen molar-refractivity contribution in [3.63, 3.8) is 0 Å². The minimum atomic E-state index is -0.370. The lowest BCUT2D eigenvalue weighted by atomic mass is 10.1. The Morgan fingerprint density at radius 2 is 1.89 bits per heavy atom. The molecule has 0 saturated carbocycles. The molecule has 1 aliphatic heterocycles. The van der Waals surface area contributed by atoms with E-state index >= 15 is 0 Å². The molecule has 0 N–H and O–H groups in total. The van der Waals surface area contributed by atoms with Crippen molar-refractivity contribution in [2.75, 3.05) is 14.2 Å². The highest BCUT2D eigenvalue weighted by Crippen LogP contribution is 2.37. The van der Waals surface area contributed by atoms with Gasteiger partial charge in [-0.15, -0.1) is 0 Å². The van der Waals surface area contributed by atoms with Crippen LogP contribution in [0.15, 0.2) is 35.2 Å². The molecule has 1 fully saturated rings. The van der Waals surface area contributed by atoms with Gasteiger partial charge in [-0.05, 0) is 75.8 Å². The zero-order valence-corrected chi connectivity index (χ0v) is 19.3. The largest absolute Gasteiger partial charge is 0.493 e. The SMILES string of the molecule is COc1cc(/C=C2\SC(=O)N(Cc3ccc(Cl)cc3Cl)C2=O)cc(I)c1OC. The van der Waals surface area contributed by atoms with Crippen LogP contribution in [0.2, 0.25) is 10.0 Å². The number of rotatable bonds is 5. The molecule has 2 aromatic rings. The Labute approximate surface area is 190 Å². The maximum Gasteiger partial charge on any atom is 0.293 e. The van der Waals surface area contributed by atoms with Gasteiger partial charge >= 0.3 is 0 Å². The van der Waals surface area contributed by atoms with Crippen molar-refractivity contribution in [2.45, 2.75) is 6.54 Å². The molecule has 0 spiro atoms. The van der Waals surface area contributed by atoms with Crippen LogP contribution in [-0.2, 0) is 11.3 Å². The third kappa shape index (κ3) is 4.42. The first-order valence-electron chi connectivity index (χ1n) is 7.95. The summed E-state index contributed by atoms with van der Waals surface area (Å²) in [4.78, 5) is 26.6. The van der Waals surface area contributed by atoms with Gasteiger partial charge in [-0.25, -0.2) is 0 Å². The summed E-state index contributed by atoms with van der Waals surface area (Å²) in [6, 6.07) is 8.56. The van der Waals surface area contributed by atoms with E-state index in [9.17, 15) is 9.59 Å². The lowest BCUT2D eigenvalue weighted by Crippen LogP contribution is -2.27. The van der Waals surface area contributed by atoms with Crippen LogP contribution in [0, 0.1) is 3.57 Å². The first kappa shape index (κ1) is 21.3. The number of carbonyl (C=O) groups is 2. The van der Waals surface area contributed by atoms with Crippen molar-refractivity contribution in [3.05, 3.63) is 60.0 Å². The molecule has 146 valence electrons. The average molecular weight is 550 g/mol. The number of hydrogen-bond donors (Lipinski definition) is 0. The van der Waals surface area contributed by atoms with E-state index in [2.05, 4.69) is 22.6 Å². The molecule has 2 aromatic carbocycles. The van der Waals surface area contributed by atoms with Crippen molar-refractivity contribution in [3.8, 4) is 11.5 Å². The summed E-state index contributed by atoms with van der Waals surface area (Å²) in [5.41, 5.74) is 1.38. The number of halogens is 3. The van der Waals surface area contributed by atoms with Crippen LogP contribution in [0.4, 0.5) is 4.79 Å². The van der Waals surface area contributed by atoms with Gasteiger partial charge in [0.15, 0.2) is 11.5 Å². The summed E-state index contributed by atoms with van der Waals surface area (Å²) >= 11 is 15.1. The molecule has 0 atom stereocenters. The first-order chi connectivity index (χ1) is 13.3. The predicted octanol–water partition coefficient (Wildman–Crippen LogP) is 5.85. The maximum absolute atomic E-state index is 12.8. The zero-order valence-electron chi connectivity index (χ0n) is 14.8. The van der Waals surface area contributed by atoms with Gasteiger partial charge in [-0.2, -0.15) is 0 Å². The molecule has 0 radical (unpaired) electrons.